The lowest BCUT2D eigenvalue weighted by Crippen LogP contribution is -2.50. The maximum absolute atomic E-state index is 13.2. The van der Waals surface area contributed by atoms with Crippen LogP contribution in [0.5, 0.6) is 0 Å². The summed E-state index contributed by atoms with van der Waals surface area (Å²) in [5.74, 6) is -0.454. The van der Waals surface area contributed by atoms with Crippen LogP contribution in [0.15, 0.2) is 59.8 Å². The molecule has 12 heteroatoms. The first kappa shape index (κ1) is 23.0. The number of anilines is 1. The molecule has 1 aromatic heterocycles. The average Bonchev–Trinajstić information content (AvgIpc) is 3.40. The minimum absolute atomic E-state index is 0.195. The molecule has 0 unspecified atom stereocenters. The highest BCUT2D eigenvalue weighted by atomic mass is 35.5. The highest BCUT2D eigenvalue weighted by Crippen LogP contribution is 2.28. The summed E-state index contributed by atoms with van der Waals surface area (Å²) < 4.78 is 1.23. The maximum atomic E-state index is 13.2. The number of benzene rings is 2. The molecule has 1 aliphatic rings. The summed E-state index contributed by atoms with van der Waals surface area (Å²) in [5, 5.41) is 10.4. The number of primary amides is 1. The van der Waals surface area contributed by atoms with Crippen molar-refractivity contribution in [3.05, 3.63) is 75.8 Å². The summed E-state index contributed by atoms with van der Waals surface area (Å²) in [7, 11) is 0. The van der Waals surface area contributed by atoms with Crippen LogP contribution in [0.1, 0.15) is 12.0 Å². The Morgan fingerprint density at radius 2 is 2.00 bits per heavy atom. The molecule has 2 heterocycles. The van der Waals surface area contributed by atoms with Gasteiger partial charge in [-0.2, -0.15) is 0 Å². The monoisotopic (exact) mass is 480 g/mol. The second-order valence-electron chi connectivity index (χ2n) is 7.75. The average molecular weight is 481 g/mol. The second-order valence-corrected chi connectivity index (χ2v) is 8.18. The van der Waals surface area contributed by atoms with Gasteiger partial charge in [0.15, 0.2) is 0 Å². The summed E-state index contributed by atoms with van der Waals surface area (Å²) >= 11 is 6.00. The van der Waals surface area contributed by atoms with Crippen molar-refractivity contribution in [2.24, 2.45) is 10.8 Å². The molecule has 0 saturated carbocycles. The van der Waals surface area contributed by atoms with Crippen LogP contribution in [0.25, 0.3) is 21.3 Å². The molecule has 1 aliphatic heterocycles. The smallest absolute Gasteiger partial charge is 0.323 e. The normalized spacial score (nSPS) is 17.3. The largest absolute Gasteiger partial charge is 0.351 e. The molecule has 174 valence electrons. The standard InChI is InChI=1S/C22H21ClN8O3/c23-14-5-3-4-13(10-14)11-26-20(32)19-16(28-29-25)8-9-30(19)22(34)27-17-12-31(21(24)33)18-7-2-1-6-15(17)18/h1-7,10,12,16,19H,8-9,11H2,(H2,24,33)(H,26,32)(H,27,34)/t16-,19-/m0/s1. The van der Waals surface area contributed by atoms with E-state index in [9.17, 15) is 14.4 Å². The molecule has 2 atom stereocenters. The number of nitrogens with one attached hydrogen (secondary N) is 2. The third-order valence-corrected chi connectivity index (χ3v) is 5.88. The van der Waals surface area contributed by atoms with Crippen molar-refractivity contribution in [3.63, 3.8) is 0 Å². The summed E-state index contributed by atoms with van der Waals surface area (Å²) in [5.41, 5.74) is 16.1. The fraction of sp³-hybridized carbons (Fsp3) is 0.227. The Morgan fingerprint density at radius 1 is 1.21 bits per heavy atom. The Kier molecular flexibility index (Phi) is 6.58. The zero-order valence-electron chi connectivity index (χ0n) is 17.9. The lowest BCUT2D eigenvalue weighted by atomic mass is 10.1. The number of para-hydroxylation sites is 1. The molecule has 1 saturated heterocycles. The van der Waals surface area contributed by atoms with Crippen LogP contribution in [0.4, 0.5) is 15.3 Å². The number of rotatable bonds is 5. The van der Waals surface area contributed by atoms with E-state index in [0.717, 1.165) is 5.56 Å². The van der Waals surface area contributed by atoms with E-state index in [0.29, 0.717) is 28.0 Å². The minimum Gasteiger partial charge on any atom is -0.351 e. The number of azide groups is 1. The lowest BCUT2D eigenvalue weighted by molar-refractivity contribution is -0.125. The van der Waals surface area contributed by atoms with Crippen molar-refractivity contribution in [2.45, 2.75) is 25.0 Å². The first-order valence-electron chi connectivity index (χ1n) is 10.4. The minimum atomic E-state index is -1.00. The van der Waals surface area contributed by atoms with Gasteiger partial charge in [0.05, 0.1) is 17.2 Å². The predicted molar refractivity (Wildman–Crippen MR) is 127 cm³/mol. The lowest BCUT2D eigenvalue weighted by Gasteiger charge is -2.26. The summed E-state index contributed by atoms with van der Waals surface area (Å²) in [6.45, 7) is 0.402. The van der Waals surface area contributed by atoms with Crippen LogP contribution in [0.2, 0.25) is 5.02 Å². The number of halogens is 1. The van der Waals surface area contributed by atoms with Gasteiger partial charge in [-0.05, 0) is 35.7 Å². The number of hydrogen-bond acceptors (Lipinski definition) is 4. The van der Waals surface area contributed by atoms with Gasteiger partial charge in [-0.1, -0.05) is 47.0 Å². The van der Waals surface area contributed by atoms with E-state index in [4.69, 9.17) is 22.9 Å². The zero-order chi connectivity index (χ0) is 24.2. The third kappa shape index (κ3) is 4.61. The Balaban J connectivity index is 1.55. The topological polar surface area (TPSA) is 158 Å². The van der Waals surface area contributed by atoms with Crippen LogP contribution in [-0.2, 0) is 11.3 Å². The Hall–Kier alpha value is -4.21. The summed E-state index contributed by atoms with van der Waals surface area (Å²) in [6, 6.07) is 11.0. The molecular weight excluding hydrogens is 460 g/mol. The van der Waals surface area contributed by atoms with Crippen LogP contribution >= 0.6 is 11.6 Å². The number of nitrogens with zero attached hydrogens (tertiary/aromatic N) is 5. The third-order valence-electron chi connectivity index (χ3n) is 5.64. The van der Waals surface area contributed by atoms with Crippen LogP contribution in [-0.4, -0.2) is 46.1 Å². The molecule has 4 N–H and O–H groups in total. The molecular formula is C22H21ClN8O3. The highest BCUT2D eigenvalue weighted by Gasteiger charge is 2.41. The van der Waals surface area contributed by atoms with Crippen LogP contribution in [0.3, 0.4) is 0 Å². The Morgan fingerprint density at radius 3 is 2.74 bits per heavy atom. The van der Waals surface area contributed by atoms with E-state index >= 15 is 0 Å². The molecule has 1 fully saturated rings. The van der Waals surface area contributed by atoms with E-state index < -0.39 is 30.1 Å². The van der Waals surface area contributed by atoms with Gasteiger partial charge in [-0.25, -0.2) is 9.59 Å². The molecule has 0 spiro atoms. The molecule has 4 amide bonds. The van der Waals surface area contributed by atoms with E-state index in [1.165, 1.54) is 15.7 Å². The number of likely N-dealkylation sites (tertiary alicyclic amines) is 1. The van der Waals surface area contributed by atoms with Gasteiger partial charge >= 0.3 is 12.1 Å². The zero-order valence-corrected chi connectivity index (χ0v) is 18.6. The molecule has 0 bridgehead atoms. The highest BCUT2D eigenvalue weighted by molar-refractivity contribution is 6.30. The molecule has 11 nitrogen and oxygen atoms in total. The van der Waals surface area contributed by atoms with Crippen molar-refractivity contribution >= 4 is 46.2 Å². The number of amides is 4. The summed E-state index contributed by atoms with van der Waals surface area (Å²) in [6.07, 6.45) is 1.76. The number of nitrogens with two attached hydrogens (primary N) is 1. The van der Waals surface area contributed by atoms with Gasteiger partial charge in [0.2, 0.25) is 5.91 Å². The van der Waals surface area contributed by atoms with E-state index in [1.54, 1.807) is 42.5 Å². The van der Waals surface area contributed by atoms with Gasteiger partial charge in [0.25, 0.3) is 0 Å². The van der Waals surface area contributed by atoms with Crippen molar-refractivity contribution in [1.82, 2.24) is 14.8 Å². The number of hydrogen-bond donors (Lipinski definition) is 3. The van der Waals surface area contributed by atoms with Crippen molar-refractivity contribution in [2.75, 3.05) is 11.9 Å². The molecule has 4 rings (SSSR count). The van der Waals surface area contributed by atoms with E-state index in [-0.39, 0.29) is 13.1 Å². The van der Waals surface area contributed by atoms with Crippen molar-refractivity contribution in [3.8, 4) is 0 Å². The SMILES string of the molecule is [N-]=[N+]=N[C@H]1CCN(C(=O)Nc2cn(C(N)=O)c3ccccc23)[C@@H]1C(=O)NCc1cccc(Cl)c1. The number of urea groups is 1. The molecule has 3 aromatic rings. The van der Waals surface area contributed by atoms with E-state index in [1.807, 2.05) is 6.07 Å². The van der Waals surface area contributed by atoms with Crippen LogP contribution in [0, 0.1) is 0 Å². The van der Waals surface area contributed by atoms with Gasteiger partial charge in [-0.3, -0.25) is 9.36 Å². The fourth-order valence-electron chi connectivity index (χ4n) is 4.10. The van der Waals surface area contributed by atoms with Gasteiger partial charge in [-0.15, -0.1) is 0 Å². The molecule has 34 heavy (non-hydrogen) atoms. The number of carbonyl (C=O) groups is 3. The predicted octanol–water partition coefficient (Wildman–Crippen LogP) is 3.82. The number of aromatic nitrogens is 1. The molecule has 0 radical (unpaired) electrons. The first-order chi connectivity index (χ1) is 16.4. The Bertz CT molecular complexity index is 1320. The Labute approximate surface area is 199 Å². The fourth-order valence-corrected chi connectivity index (χ4v) is 4.31. The second kappa shape index (κ2) is 9.74. The molecule has 0 aliphatic carbocycles. The van der Waals surface area contributed by atoms with Crippen molar-refractivity contribution in [1.29, 1.82) is 0 Å². The number of fused-ring (bicyclic) bond motifs is 1. The summed E-state index contributed by atoms with van der Waals surface area (Å²) in [4.78, 5) is 42.2. The van der Waals surface area contributed by atoms with Crippen molar-refractivity contribution < 1.29 is 14.4 Å². The molecule has 2 aromatic carbocycles. The van der Waals surface area contributed by atoms with Gasteiger partial charge < -0.3 is 21.3 Å². The van der Waals surface area contributed by atoms with Gasteiger partial charge in [0, 0.05) is 34.6 Å². The quantitative estimate of drug-likeness (QED) is 0.288. The first-order valence-corrected chi connectivity index (χ1v) is 10.8. The number of carbonyl (C=O) groups excluding carboxylic acids is 3. The van der Waals surface area contributed by atoms with E-state index in [2.05, 4.69) is 20.7 Å². The van der Waals surface area contributed by atoms with Gasteiger partial charge in [0.1, 0.15) is 6.04 Å². The maximum Gasteiger partial charge on any atom is 0.323 e. The van der Waals surface area contributed by atoms with Crippen LogP contribution < -0.4 is 16.4 Å².